The minimum atomic E-state index is -0.117. The number of likely N-dealkylation sites (N-methyl/N-ethyl adjacent to an activating group) is 2. The van der Waals surface area contributed by atoms with E-state index in [0.717, 1.165) is 27.5 Å². The second kappa shape index (κ2) is 9.43. The SMILES string of the molecule is Cc1ccc(NC(=O)C[NH+](C)CC(=O)N(C)Cc2ccc3c(c2)OCCO3)cc1. The Morgan fingerprint density at radius 1 is 1.03 bits per heavy atom. The highest BCUT2D eigenvalue weighted by atomic mass is 16.6. The third-order valence-corrected chi connectivity index (χ3v) is 4.70. The van der Waals surface area contributed by atoms with Crippen molar-refractivity contribution in [3.8, 4) is 11.5 Å². The number of carbonyl (C=O) groups is 2. The molecule has 0 aromatic heterocycles. The highest BCUT2D eigenvalue weighted by molar-refractivity contribution is 5.91. The number of aryl methyl sites for hydroxylation is 1. The minimum absolute atomic E-state index is 0.0273. The standard InChI is InChI=1S/C22H27N3O4/c1-16-4-7-18(8-5-16)23-21(26)14-24(2)15-22(27)25(3)13-17-6-9-19-20(12-17)29-11-10-28-19/h4-9,12H,10-11,13-15H2,1-3H3,(H,23,26)/p+1. The van der Waals surface area contributed by atoms with E-state index in [1.165, 1.54) is 0 Å². The molecule has 1 aliphatic heterocycles. The molecule has 1 aliphatic rings. The van der Waals surface area contributed by atoms with Crippen LogP contribution in [0.25, 0.3) is 0 Å². The van der Waals surface area contributed by atoms with E-state index in [9.17, 15) is 9.59 Å². The molecule has 0 saturated carbocycles. The van der Waals surface area contributed by atoms with Gasteiger partial charge in [-0.15, -0.1) is 0 Å². The van der Waals surface area contributed by atoms with Gasteiger partial charge in [0.15, 0.2) is 24.6 Å². The molecule has 29 heavy (non-hydrogen) atoms. The Hall–Kier alpha value is -3.06. The number of nitrogens with one attached hydrogen (secondary N) is 2. The van der Waals surface area contributed by atoms with E-state index in [1.807, 2.05) is 56.4 Å². The predicted octanol–water partition coefficient (Wildman–Crippen LogP) is 0.878. The molecule has 2 aromatic carbocycles. The Bertz CT molecular complexity index is 867. The van der Waals surface area contributed by atoms with Gasteiger partial charge in [0.25, 0.3) is 11.8 Å². The van der Waals surface area contributed by atoms with Gasteiger partial charge in [-0.3, -0.25) is 9.59 Å². The number of quaternary nitrogens is 1. The summed E-state index contributed by atoms with van der Waals surface area (Å²) in [6, 6.07) is 13.3. The molecule has 0 spiro atoms. The van der Waals surface area contributed by atoms with Crippen LogP contribution in [0.1, 0.15) is 11.1 Å². The van der Waals surface area contributed by atoms with E-state index in [4.69, 9.17) is 9.47 Å². The zero-order chi connectivity index (χ0) is 20.8. The number of amides is 2. The van der Waals surface area contributed by atoms with Gasteiger partial charge in [0.05, 0.1) is 7.05 Å². The van der Waals surface area contributed by atoms with Crippen molar-refractivity contribution in [1.82, 2.24) is 4.90 Å². The van der Waals surface area contributed by atoms with Crippen molar-refractivity contribution in [3.63, 3.8) is 0 Å². The lowest BCUT2D eigenvalue weighted by atomic mass is 10.2. The molecule has 1 atom stereocenters. The largest absolute Gasteiger partial charge is 0.486 e. The molecule has 1 unspecified atom stereocenters. The maximum Gasteiger partial charge on any atom is 0.279 e. The number of carbonyl (C=O) groups excluding carboxylic acids is 2. The normalized spacial score (nSPS) is 13.5. The van der Waals surface area contributed by atoms with Crippen LogP contribution in [0.15, 0.2) is 42.5 Å². The fraction of sp³-hybridized carbons (Fsp3) is 0.364. The third kappa shape index (κ3) is 5.96. The first-order valence-corrected chi connectivity index (χ1v) is 9.71. The Labute approximate surface area is 171 Å². The zero-order valence-electron chi connectivity index (χ0n) is 17.2. The summed E-state index contributed by atoms with van der Waals surface area (Å²) in [5.74, 6) is 1.30. The van der Waals surface area contributed by atoms with Gasteiger partial charge in [0.2, 0.25) is 0 Å². The number of benzene rings is 2. The summed E-state index contributed by atoms with van der Waals surface area (Å²) in [5, 5.41) is 2.86. The molecular formula is C22H28N3O4+. The van der Waals surface area contributed by atoms with E-state index < -0.39 is 0 Å². The lowest BCUT2D eigenvalue weighted by molar-refractivity contribution is -0.862. The Kier molecular flexibility index (Phi) is 6.72. The number of hydrogen-bond acceptors (Lipinski definition) is 4. The van der Waals surface area contributed by atoms with Gasteiger partial charge in [-0.2, -0.15) is 0 Å². The van der Waals surface area contributed by atoms with E-state index in [1.54, 1.807) is 11.9 Å². The fourth-order valence-electron chi connectivity index (χ4n) is 3.12. The van der Waals surface area contributed by atoms with E-state index >= 15 is 0 Å². The fourth-order valence-corrected chi connectivity index (χ4v) is 3.12. The van der Waals surface area contributed by atoms with Gasteiger partial charge < -0.3 is 24.6 Å². The van der Waals surface area contributed by atoms with Crippen LogP contribution < -0.4 is 19.7 Å². The monoisotopic (exact) mass is 398 g/mol. The molecule has 0 aliphatic carbocycles. The maximum absolute atomic E-state index is 12.5. The van der Waals surface area contributed by atoms with Crippen LogP contribution in [0.2, 0.25) is 0 Å². The molecule has 2 amide bonds. The van der Waals surface area contributed by atoms with Gasteiger partial charge in [0.1, 0.15) is 13.2 Å². The van der Waals surface area contributed by atoms with Crippen molar-refractivity contribution in [2.75, 3.05) is 45.7 Å². The molecule has 0 fully saturated rings. The summed E-state index contributed by atoms with van der Waals surface area (Å²) < 4.78 is 11.1. The van der Waals surface area contributed by atoms with E-state index in [0.29, 0.717) is 25.5 Å². The third-order valence-electron chi connectivity index (χ3n) is 4.70. The molecule has 3 rings (SSSR count). The van der Waals surface area contributed by atoms with Gasteiger partial charge in [-0.05, 0) is 36.8 Å². The van der Waals surface area contributed by atoms with Gasteiger partial charge >= 0.3 is 0 Å². The Balaban J connectivity index is 1.47. The Morgan fingerprint density at radius 3 is 2.45 bits per heavy atom. The summed E-state index contributed by atoms with van der Waals surface area (Å²) in [6.07, 6.45) is 0. The first-order chi connectivity index (χ1) is 13.9. The highest BCUT2D eigenvalue weighted by Crippen LogP contribution is 2.30. The second-order valence-electron chi connectivity index (χ2n) is 7.45. The molecule has 7 heteroatoms. The number of ether oxygens (including phenoxy) is 2. The van der Waals surface area contributed by atoms with Crippen LogP contribution in [0, 0.1) is 6.92 Å². The molecular weight excluding hydrogens is 370 g/mol. The van der Waals surface area contributed by atoms with Gasteiger partial charge in [-0.1, -0.05) is 23.8 Å². The molecule has 1 heterocycles. The van der Waals surface area contributed by atoms with Crippen LogP contribution in [0.4, 0.5) is 5.69 Å². The minimum Gasteiger partial charge on any atom is -0.486 e. The van der Waals surface area contributed by atoms with Crippen LogP contribution in [0.5, 0.6) is 11.5 Å². The summed E-state index contributed by atoms with van der Waals surface area (Å²) in [6.45, 7) is 4.01. The first-order valence-electron chi connectivity index (χ1n) is 9.71. The molecule has 2 aromatic rings. The number of nitrogens with zero attached hydrogens (tertiary/aromatic N) is 1. The van der Waals surface area contributed by atoms with Crippen molar-refractivity contribution in [3.05, 3.63) is 53.6 Å². The molecule has 0 saturated heterocycles. The topological polar surface area (TPSA) is 72.3 Å². The zero-order valence-corrected chi connectivity index (χ0v) is 17.2. The van der Waals surface area contributed by atoms with Crippen molar-refractivity contribution < 1.29 is 24.0 Å². The van der Waals surface area contributed by atoms with Crippen molar-refractivity contribution >= 4 is 17.5 Å². The second-order valence-corrected chi connectivity index (χ2v) is 7.45. The van der Waals surface area contributed by atoms with Crippen LogP contribution >= 0.6 is 0 Å². The summed E-state index contributed by atoms with van der Waals surface area (Å²) >= 11 is 0. The average Bonchev–Trinajstić information content (AvgIpc) is 2.69. The van der Waals surface area contributed by atoms with Gasteiger partial charge in [-0.25, -0.2) is 0 Å². The van der Waals surface area contributed by atoms with Crippen molar-refractivity contribution in [2.24, 2.45) is 0 Å². The highest BCUT2D eigenvalue weighted by Gasteiger charge is 2.19. The summed E-state index contributed by atoms with van der Waals surface area (Å²) in [7, 11) is 3.60. The van der Waals surface area contributed by atoms with E-state index in [-0.39, 0.29) is 24.9 Å². The van der Waals surface area contributed by atoms with Crippen LogP contribution in [-0.4, -0.2) is 57.1 Å². The molecule has 0 radical (unpaired) electrons. The number of hydrogen-bond donors (Lipinski definition) is 2. The predicted molar refractivity (Wildman–Crippen MR) is 110 cm³/mol. The first kappa shape index (κ1) is 20.7. The summed E-state index contributed by atoms with van der Waals surface area (Å²) in [4.78, 5) is 27.2. The van der Waals surface area contributed by atoms with E-state index in [2.05, 4.69) is 5.32 Å². The maximum atomic E-state index is 12.5. The number of rotatable bonds is 7. The van der Waals surface area contributed by atoms with Crippen molar-refractivity contribution in [1.29, 1.82) is 0 Å². The molecule has 154 valence electrons. The van der Waals surface area contributed by atoms with Crippen LogP contribution in [0.3, 0.4) is 0 Å². The Morgan fingerprint density at radius 2 is 1.72 bits per heavy atom. The smallest absolute Gasteiger partial charge is 0.279 e. The quantitative estimate of drug-likeness (QED) is 0.726. The number of anilines is 1. The average molecular weight is 398 g/mol. The number of fused-ring (bicyclic) bond motifs is 1. The lowest BCUT2D eigenvalue weighted by Crippen LogP contribution is -3.11. The molecule has 2 N–H and O–H groups in total. The van der Waals surface area contributed by atoms with Crippen LogP contribution in [-0.2, 0) is 16.1 Å². The molecule has 0 bridgehead atoms. The summed E-state index contributed by atoms with van der Waals surface area (Å²) in [5.41, 5.74) is 2.87. The lowest BCUT2D eigenvalue weighted by Gasteiger charge is -2.22. The molecule has 7 nitrogen and oxygen atoms in total. The van der Waals surface area contributed by atoms with Gasteiger partial charge in [0, 0.05) is 19.3 Å². The van der Waals surface area contributed by atoms with Crippen molar-refractivity contribution in [2.45, 2.75) is 13.5 Å².